The lowest BCUT2D eigenvalue weighted by atomic mass is 10.1. The number of nitrogens with two attached hydrogens (primary N) is 1. The Morgan fingerprint density at radius 2 is 1.48 bits per heavy atom. The van der Waals surface area contributed by atoms with Gasteiger partial charge in [0.15, 0.2) is 0 Å². The molecular weight excluding hydrogens is 312 g/mol. The molecule has 0 heterocycles. The van der Waals surface area contributed by atoms with E-state index in [1.807, 2.05) is 13.8 Å². The van der Waals surface area contributed by atoms with Crippen LogP contribution in [0.25, 0.3) is 0 Å². The maximum atomic E-state index is 12.5. The van der Waals surface area contributed by atoms with Crippen molar-refractivity contribution >= 4 is 27.1 Å². The number of amides is 1. The Labute approximate surface area is 136 Å². The molecule has 0 aliphatic rings. The summed E-state index contributed by atoms with van der Waals surface area (Å²) in [6, 6.07) is 12.2. The normalized spacial score (nSPS) is 11.4. The third kappa shape index (κ3) is 4.32. The van der Waals surface area contributed by atoms with Gasteiger partial charge in [0.2, 0.25) is 15.7 Å². The molecule has 0 saturated carbocycles. The number of anilines is 2. The van der Waals surface area contributed by atoms with Gasteiger partial charge in [0, 0.05) is 17.8 Å². The van der Waals surface area contributed by atoms with Gasteiger partial charge in [-0.2, -0.15) is 0 Å². The lowest BCUT2D eigenvalue weighted by Crippen LogP contribution is -2.13. The van der Waals surface area contributed by atoms with E-state index in [0.717, 1.165) is 0 Å². The molecular formula is C17H20N2O3S. The van der Waals surface area contributed by atoms with Gasteiger partial charge in [0.25, 0.3) is 0 Å². The number of benzene rings is 2. The van der Waals surface area contributed by atoms with E-state index in [4.69, 9.17) is 5.73 Å². The summed E-state index contributed by atoms with van der Waals surface area (Å²) >= 11 is 0. The maximum Gasteiger partial charge on any atom is 0.224 e. The Morgan fingerprint density at radius 3 is 1.96 bits per heavy atom. The molecule has 3 N–H and O–H groups in total. The van der Waals surface area contributed by atoms with Crippen LogP contribution in [0.3, 0.4) is 0 Å². The molecule has 2 rings (SSSR count). The largest absolute Gasteiger partial charge is 0.399 e. The van der Waals surface area contributed by atoms with Crippen LogP contribution in [-0.4, -0.2) is 14.3 Å². The number of nitrogens with one attached hydrogen (secondary N) is 1. The van der Waals surface area contributed by atoms with Crippen molar-refractivity contribution in [2.24, 2.45) is 5.92 Å². The third-order valence-electron chi connectivity index (χ3n) is 3.23. The topological polar surface area (TPSA) is 89.3 Å². The van der Waals surface area contributed by atoms with Crippen LogP contribution in [0.5, 0.6) is 0 Å². The van der Waals surface area contributed by atoms with Gasteiger partial charge in [-0.1, -0.05) is 13.8 Å². The Bertz CT molecular complexity index is 780. The molecule has 0 aliphatic carbocycles. The molecule has 5 nitrogen and oxygen atoms in total. The van der Waals surface area contributed by atoms with Crippen LogP contribution in [0.4, 0.5) is 11.4 Å². The molecule has 0 aromatic heterocycles. The van der Waals surface area contributed by atoms with Crippen molar-refractivity contribution in [2.45, 2.75) is 30.1 Å². The molecule has 0 radical (unpaired) electrons. The minimum atomic E-state index is -3.59. The average molecular weight is 332 g/mol. The standard InChI is InChI=1S/C17H20N2O3S/c1-12(2)11-17(20)19-14-5-9-16(10-6-14)23(21,22)15-7-3-13(18)4-8-15/h3-10,12H,11,18H2,1-2H3,(H,19,20). The van der Waals surface area contributed by atoms with Crippen molar-refractivity contribution in [3.05, 3.63) is 48.5 Å². The number of sulfone groups is 1. The van der Waals surface area contributed by atoms with Gasteiger partial charge in [-0.15, -0.1) is 0 Å². The highest BCUT2D eigenvalue weighted by molar-refractivity contribution is 7.91. The summed E-state index contributed by atoms with van der Waals surface area (Å²) in [5.74, 6) is 0.175. The van der Waals surface area contributed by atoms with Crippen LogP contribution in [0, 0.1) is 5.92 Å². The molecule has 0 fully saturated rings. The summed E-state index contributed by atoms with van der Waals surface area (Å²) in [5, 5.41) is 2.75. The van der Waals surface area contributed by atoms with Crippen molar-refractivity contribution in [1.29, 1.82) is 0 Å². The summed E-state index contributed by atoms with van der Waals surface area (Å²) in [7, 11) is -3.59. The Kier molecular flexibility index (Phi) is 5.05. The van der Waals surface area contributed by atoms with Crippen molar-refractivity contribution in [3.8, 4) is 0 Å². The summed E-state index contributed by atoms with van der Waals surface area (Å²) in [6.07, 6.45) is 0.422. The molecule has 0 unspecified atom stereocenters. The zero-order valence-corrected chi connectivity index (χ0v) is 13.9. The minimum Gasteiger partial charge on any atom is -0.399 e. The fourth-order valence-electron chi connectivity index (χ4n) is 2.08. The van der Waals surface area contributed by atoms with Crippen molar-refractivity contribution in [1.82, 2.24) is 0 Å². The van der Waals surface area contributed by atoms with E-state index in [1.165, 1.54) is 24.3 Å². The molecule has 2 aromatic rings. The smallest absolute Gasteiger partial charge is 0.224 e. The SMILES string of the molecule is CC(C)CC(=O)Nc1ccc(S(=O)(=O)c2ccc(N)cc2)cc1. The predicted molar refractivity (Wildman–Crippen MR) is 90.8 cm³/mol. The van der Waals surface area contributed by atoms with Crippen LogP contribution in [0.2, 0.25) is 0 Å². The zero-order chi connectivity index (χ0) is 17.0. The Hall–Kier alpha value is -2.34. The minimum absolute atomic E-state index is 0.0888. The zero-order valence-electron chi connectivity index (χ0n) is 13.1. The molecule has 6 heteroatoms. The molecule has 23 heavy (non-hydrogen) atoms. The number of rotatable bonds is 5. The van der Waals surface area contributed by atoms with Gasteiger partial charge in [-0.3, -0.25) is 4.79 Å². The summed E-state index contributed by atoms with van der Waals surface area (Å²) in [4.78, 5) is 12.1. The highest BCUT2D eigenvalue weighted by atomic mass is 32.2. The second-order valence-electron chi connectivity index (χ2n) is 5.74. The lowest BCUT2D eigenvalue weighted by Gasteiger charge is -2.09. The van der Waals surface area contributed by atoms with Gasteiger partial charge in [-0.05, 0) is 54.4 Å². The number of hydrogen-bond acceptors (Lipinski definition) is 4. The van der Waals surface area contributed by atoms with E-state index in [-0.39, 0.29) is 21.6 Å². The van der Waals surface area contributed by atoms with Gasteiger partial charge in [0.05, 0.1) is 9.79 Å². The Morgan fingerprint density at radius 1 is 1.00 bits per heavy atom. The number of carbonyl (C=O) groups excluding carboxylic acids is 1. The first kappa shape index (κ1) is 17.0. The van der Waals surface area contributed by atoms with E-state index in [0.29, 0.717) is 17.8 Å². The fourth-order valence-corrected chi connectivity index (χ4v) is 3.34. The molecule has 0 bridgehead atoms. The van der Waals surface area contributed by atoms with Crippen LogP contribution >= 0.6 is 0 Å². The summed E-state index contributed by atoms with van der Waals surface area (Å²) in [5.41, 5.74) is 6.66. The van der Waals surface area contributed by atoms with Crippen LogP contribution in [0.1, 0.15) is 20.3 Å². The molecule has 1 amide bonds. The second-order valence-corrected chi connectivity index (χ2v) is 7.69. The van der Waals surface area contributed by atoms with E-state index < -0.39 is 9.84 Å². The highest BCUT2D eigenvalue weighted by Gasteiger charge is 2.17. The molecule has 0 spiro atoms. The summed E-state index contributed by atoms with van der Waals surface area (Å²) in [6.45, 7) is 3.92. The van der Waals surface area contributed by atoms with E-state index in [1.54, 1.807) is 24.3 Å². The monoisotopic (exact) mass is 332 g/mol. The highest BCUT2D eigenvalue weighted by Crippen LogP contribution is 2.23. The van der Waals surface area contributed by atoms with Crippen molar-refractivity contribution in [3.63, 3.8) is 0 Å². The van der Waals surface area contributed by atoms with E-state index in [9.17, 15) is 13.2 Å². The van der Waals surface area contributed by atoms with Crippen LogP contribution in [-0.2, 0) is 14.6 Å². The molecule has 0 aliphatic heterocycles. The van der Waals surface area contributed by atoms with Gasteiger partial charge >= 0.3 is 0 Å². The lowest BCUT2D eigenvalue weighted by molar-refractivity contribution is -0.116. The Balaban J connectivity index is 2.18. The molecule has 0 atom stereocenters. The quantitative estimate of drug-likeness (QED) is 0.823. The number of nitrogen functional groups attached to an aromatic ring is 1. The first-order valence-corrected chi connectivity index (χ1v) is 8.78. The van der Waals surface area contributed by atoms with Crippen molar-refractivity contribution in [2.75, 3.05) is 11.1 Å². The van der Waals surface area contributed by atoms with Crippen LogP contribution < -0.4 is 11.1 Å². The predicted octanol–water partition coefficient (Wildman–Crippen LogP) is 3.09. The van der Waals surface area contributed by atoms with E-state index >= 15 is 0 Å². The molecule has 2 aromatic carbocycles. The molecule has 122 valence electrons. The summed E-state index contributed by atoms with van der Waals surface area (Å²) < 4.78 is 25.0. The average Bonchev–Trinajstić information content (AvgIpc) is 2.47. The molecule has 0 saturated heterocycles. The van der Waals surface area contributed by atoms with Crippen molar-refractivity contribution < 1.29 is 13.2 Å². The second kappa shape index (κ2) is 6.83. The van der Waals surface area contributed by atoms with Gasteiger partial charge in [-0.25, -0.2) is 8.42 Å². The first-order valence-electron chi connectivity index (χ1n) is 7.29. The third-order valence-corrected chi connectivity index (χ3v) is 5.02. The maximum absolute atomic E-state index is 12.5. The van der Waals surface area contributed by atoms with Crippen LogP contribution in [0.15, 0.2) is 58.3 Å². The number of carbonyl (C=O) groups is 1. The number of hydrogen-bond donors (Lipinski definition) is 2. The van der Waals surface area contributed by atoms with E-state index in [2.05, 4.69) is 5.32 Å². The fraction of sp³-hybridized carbons (Fsp3) is 0.235. The van der Waals surface area contributed by atoms with Gasteiger partial charge < -0.3 is 11.1 Å². The van der Waals surface area contributed by atoms with Gasteiger partial charge in [0.1, 0.15) is 0 Å². The first-order chi connectivity index (χ1) is 10.8.